The second-order valence-corrected chi connectivity index (χ2v) is 2.69. The van der Waals surface area contributed by atoms with E-state index in [1.54, 1.807) is 19.2 Å². The van der Waals surface area contributed by atoms with Crippen LogP contribution in [0.3, 0.4) is 0 Å². The highest BCUT2D eigenvalue weighted by molar-refractivity contribution is 5.99. The van der Waals surface area contributed by atoms with Gasteiger partial charge >= 0.3 is 0 Å². The van der Waals surface area contributed by atoms with Gasteiger partial charge in [0.1, 0.15) is 5.75 Å². The van der Waals surface area contributed by atoms with Crippen LogP contribution in [0.4, 0.5) is 0 Å². The van der Waals surface area contributed by atoms with Gasteiger partial charge in [-0.15, -0.1) is 0 Å². The summed E-state index contributed by atoms with van der Waals surface area (Å²) in [5.41, 5.74) is 7.09. The van der Waals surface area contributed by atoms with Crippen LogP contribution >= 0.6 is 0 Å². The van der Waals surface area contributed by atoms with Crippen LogP contribution in [0.5, 0.6) is 5.75 Å². The number of nitrogens with two attached hydrogens (primary N) is 1. The zero-order chi connectivity index (χ0) is 9.84. The van der Waals surface area contributed by atoms with Gasteiger partial charge in [-0.3, -0.25) is 0 Å². The van der Waals surface area contributed by atoms with Crippen LogP contribution in [-0.2, 0) is 0 Å². The second kappa shape index (κ2) is 3.80. The Balaban J connectivity index is 3.23. The quantitative estimate of drug-likeness (QED) is 0.310. The number of hydrogen-bond donors (Lipinski definition) is 2. The molecule has 0 fully saturated rings. The molecule has 4 heteroatoms. The summed E-state index contributed by atoms with van der Waals surface area (Å²) in [5.74, 6) is 0.654. The summed E-state index contributed by atoms with van der Waals surface area (Å²) in [6.45, 7) is 1.92. The van der Waals surface area contributed by atoms with Crippen LogP contribution in [0.25, 0.3) is 0 Å². The zero-order valence-electron chi connectivity index (χ0n) is 7.61. The van der Waals surface area contributed by atoms with Gasteiger partial charge in [0.25, 0.3) is 0 Å². The average molecular weight is 180 g/mol. The minimum absolute atomic E-state index is 0.0561. The third kappa shape index (κ3) is 1.90. The zero-order valence-corrected chi connectivity index (χ0v) is 7.61. The average Bonchev–Trinajstić information content (AvgIpc) is 2.16. The van der Waals surface area contributed by atoms with Crippen molar-refractivity contribution in [1.29, 1.82) is 0 Å². The van der Waals surface area contributed by atoms with Gasteiger partial charge < -0.3 is 15.7 Å². The number of aryl methyl sites for hydroxylation is 1. The van der Waals surface area contributed by atoms with Crippen molar-refractivity contribution in [2.75, 3.05) is 7.11 Å². The van der Waals surface area contributed by atoms with Gasteiger partial charge in [-0.1, -0.05) is 16.8 Å². The maximum Gasteiger partial charge on any atom is 0.173 e. The number of rotatable bonds is 2. The molecule has 70 valence electrons. The summed E-state index contributed by atoms with van der Waals surface area (Å²) in [4.78, 5) is 0. The molecule has 0 atom stereocenters. The fraction of sp³-hybridized carbons (Fsp3) is 0.222. The number of nitrogens with zero attached hydrogens (tertiary/aromatic N) is 1. The summed E-state index contributed by atoms with van der Waals surface area (Å²) in [5, 5.41) is 11.4. The normalized spacial score (nSPS) is 11.4. The highest BCUT2D eigenvalue weighted by Gasteiger charge is 2.06. The molecule has 0 bridgehead atoms. The fourth-order valence-electron chi connectivity index (χ4n) is 1.08. The molecule has 0 spiro atoms. The molecular formula is C9H12N2O2. The summed E-state index contributed by atoms with van der Waals surface area (Å²) >= 11 is 0. The van der Waals surface area contributed by atoms with Crippen molar-refractivity contribution in [2.24, 2.45) is 10.9 Å². The predicted octanol–water partition coefficient (Wildman–Crippen LogP) is 1.10. The van der Waals surface area contributed by atoms with Crippen LogP contribution in [0.1, 0.15) is 11.1 Å². The summed E-state index contributed by atoms with van der Waals surface area (Å²) < 4.78 is 5.05. The lowest BCUT2D eigenvalue weighted by molar-refractivity contribution is 0.318. The minimum atomic E-state index is 0.0561. The minimum Gasteiger partial charge on any atom is -0.496 e. The SMILES string of the molecule is COc1ccc(C)cc1/C(N)=N/O. The van der Waals surface area contributed by atoms with Crippen molar-refractivity contribution in [3.8, 4) is 5.75 Å². The van der Waals surface area contributed by atoms with Crippen LogP contribution in [-0.4, -0.2) is 18.2 Å². The Bertz CT molecular complexity index is 334. The Morgan fingerprint density at radius 2 is 2.23 bits per heavy atom. The maximum absolute atomic E-state index is 8.51. The number of methoxy groups -OCH3 is 1. The number of ether oxygens (including phenoxy) is 1. The molecule has 0 saturated heterocycles. The molecule has 0 saturated carbocycles. The van der Waals surface area contributed by atoms with Gasteiger partial charge in [-0.2, -0.15) is 0 Å². The highest BCUT2D eigenvalue weighted by Crippen LogP contribution is 2.18. The lowest BCUT2D eigenvalue weighted by Crippen LogP contribution is -2.14. The van der Waals surface area contributed by atoms with E-state index in [1.807, 2.05) is 13.0 Å². The fourth-order valence-corrected chi connectivity index (χ4v) is 1.08. The van der Waals surface area contributed by atoms with Crippen molar-refractivity contribution >= 4 is 5.84 Å². The molecule has 1 rings (SSSR count). The topological polar surface area (TPSA) is 67.8 Å². The van der Waals surface area contributed by atoms with Crippen LogP contribution < -0.4 is 10.5 Å². The maximum atomic E-state index is 8.51. The largest absolute Gasteiger partial charge is 0.496 e. The molecule has 13 heavy (non-hydrogen) atoms. The van der Waals surface area contributed by atoms with E-state index in [9.17, 15) is 0 Å². The number of hydrogen-bond acceptors (Lipinski definition) is 3. The Labute approximate surface area is 76.6 Å². The van der Waals surface area contributed by atoms with Crippen molar-refractivity contribution < 1.29 is 9.94 Å². The van der Waals surface area contributed by atoms with Crippen molar-refractivity contribution in [1.82, 2.24) is 0 Å². The molecule has 0 heterocycles. The molecule has 1 aromatic rings. The molecule has 4 nitrogen and oxygen atoms in total. The van der Waals surface area contributed by atoms with Gasteiger partial charge in [0, 0.05) is 0 Å². The smallest absolute Gasteiger partial charge is 0.173 e. The van der Waals surface area contributed by atoms with Gasteiger partial charge in [-0.25, -0.2) is 0 Å². The third-order valence-electron chi connectivity index (χ3n) is 1.74. The molecule has 0 amide bonds. The first-order valence-corrected chi connectivity index (χ1v) is 3.81. The van der Waals surface area contributed by atoms with E-state index in [2.05, 4.69) is 5.16 Å². The van der Waals surface area contributed by atoms with Gasteiger partial charge in [0.2, 0.25) is 0 Å². The van der Waals surface area contributed by atoms with E-state index in [0.29, 0.717) is 11.3 Å². The van der Waals surface area contributed by atoms with E-state index in [1.165, 1.54) is 0 Å². The predicted molar refractivity (Wildman–Crippen MR) is 50.2 cm³/mol. The first kappa shape index (κ1) is 9.38. The lowest BCUT2D eigenvalue weighted by Gasteiger charge is -2.07. The molecule has 0 unspecified atom stereocenters. The van der Waals surface area contributed by atoms with Crippen LogP contribution in [0.15, 0.2) is 23.4 Å². The lowest BCUT2D eigenvalue weighted by atomic mass is 10.1. The summed E-state index contributed by atoms with van der Waals surface area (Å²) in [6, 6.07) is 5.48. The van der Waals surface area contributed by atoms with Gasteiger partial charge in [-0.05, 0) is 19.1 Å². The molecule has 1 aromatic carbocycles. The molecular weight excluding hydrogens is 168 g/mol. The van der Waals surface area contributed by atoms with Gasteiger partial charge in [0.15, 0.2) is 5.84 Å². The second-order valence-electron chi connectivity index (χ2n) is 2.69. The summed E-state index contributed by atoms with van der Waals surface area (Å²) in [6.07, 6.45) is 0. The van der Waals surface area contributed by atoms with E-state index >= 15 is 0 Å². The number of amidine groups is 1. The van der Waals surface area contributed by atoms with Gasteiger partial charge in [0.05, 0.1) is 12.7 Å². The monoisotopic (exact) mass is 180 g/mol. The first-order valence-electron chi connectivity index (χ1n) is 3.81. The molecule has 0 aliphatic heterocycles. The highest BCUT2D eigenvalue weighted by atomic mass is 16.5. The molecule has 0 aliphatic rings. The van der Waals surface area contributed by atoms with Crippen molar-refractivity contribution in [2.45, 2.75) is 6.92 Å². The van der Waals surface area contributed by atoms with Crippen LogP contribution in [0.2, 0.25) is 0 Å². The van der Waals surface area contributed by atoms with E-state index in [0.717, 1.165) is 5.56 Å². The first-order chi connectivity index (χ1) is 6.19. The summed E-state index contributed by atoms with van der Waals surface area (Å²) in [7, 11) is 1.54. The number of benzene rings is 1. The van der Waals surface area contributed by atoms with Crippen molar-refractivity contribution in [3.63, 3.8) is 0 Å². The van der Waals surface area contributed by atoms with Crippen LogP contribution in [0, 0.1) is 6.92 Å². The number of oxime groups is 1. The molecule has 0 aromatic heterocycles. The Kier molecular flexibility index (Phi) is 2.74. The standard InChI is InChI=1S/C9H12N2O2/c1-6-3-4-8(13-2)7(5-6)9(10)11-12/h3-5,12H,1-2H3,(H2,10,11). The molecule has 3 N–H and O–H groups in total. The molecule has 0 aliphatic carbocycles. The molecule has 0 radical (unpaired) electrons. The van der Waals surface area contributed by atoms with Crippen molar-refractivity contribution in [3.05, 3.63) is 29.3 Å². The Morgan fingerprint density at radius 1 is 1.54 bits per heavy atom. The third-order valence-corrected chi connectivity index (χ3v) is 1.74. The van der Waals surface area contributed by atoms with E-state index < -0.39 is 0 Å². The Hall–Kier alpha value is -1.71. The Morgan fingerprint density at radius 3 is 2.77 bits per heavy atom. The van der Waals surface area contributed by atoms with E-state index in [-0.39, 0.29) is 5.84 Å². The van der Waals surface area contributed by atoms with E-state index in [4.69, 9.17) is 15.7 Å².